The van der Waals surface area contributed by atoms with E-state index in [1.54, 1.807) is 37.3 Å². The molecule has 2 rings (SSSR count). The third-order valence-corrected chi connectivity index (χ3v) is 7.36. The van der Waals surface area contributed by atoms with Crippen LogP contribution in [0.15, 0.2) is 48.5 Å². The second kappa shape index (κ2) is 9.23. The average Bonchev–Trinajstić information content (AvgIpc) is 2.62. The van der Waals surface area contributed by atoms with Gasteiger partial charge in [-0.15, -0.1) is 0 Å². The lowest BCUT2D eigenvalue weighted by molar-refractivity contribution is 0.103. The molecule has 0 saturated heterocycles. The van der Waals surface area contributed by atoms with E-state index in [-0.39, 0.29) is 5.78 Å². The Morgan fingerprint density at radius 2 is 1.80 bits per heavy atom. The number of benzene rings is 2. The molecule has 0 aliphatic rings. The van der Waals surface area contributed by atoms with Gasteiger partial charge in [0.1, 0.15) is 5.75 Å². The van der Waals surface area contributed by atoms with E-state index < -0.39 is 6.80 Å². The predicted molar refractivity (Wildman–Crippen MR) is 104 cm³/mol. The van der Waals surface area contributed by atoms with Crippen LogP contribution in [0.4, 0.5) is 0 Å². The van der Waals surface area contributed by atoms with Gasteiger partial charge in [-0.05, 0) is 55.4 Å². The number of carbonyl (C=O) groups excluding carboxylic acids is 1. The van der Waals surface area contributed by atoms with E-state index in [4.69, 9.17) is 9.05 Å². The van der Waals surface area contributed by atoms with Crippen molar-refractivity contribution in [2.45, 2.75) is 27.2 Å². The van der Waals surface area contributed by atoms with E-state index in [1.807, 2.05) is 32.0 Å². The molecule has 4 nitrogen and oxygen atoms in total. The minimum atomic E-state index is -3.25. The predicted octanol–water partition coefficient (Wildman–Crippen LogP) is 5.89. The Morgan fingerprint density at radius 3 is 2.40 bits per heavy atom. The summed E-state index contributed by atoms with van der Waals surface area (Å²) in [6, 6.07) is 14.2. The minimum absolute atomic E-state index is 0.0522. The number of hydrogen-bond acceptors (Lipinski definition) is 5. The summed E-state index contributed by atoms with van der Waals surface area (Å²) in [5.41, 5.74) is 1.95. The Bertz CT molecular complexity index is 761. The van der Waals surface area contributed by atoms with Crippen molar-refractivity contribution in [1.29, 1.82) is 0 Å². The largest absolute Gasteiger partial charge is 0.440 e. The fourth-order valence-electron chi connectivity index (χ4n) is 2.22. The smallest absolute Gasteiger partial charge is 0.417 e. The molecule has 0 aromatic heterocycles. The molecule has 0 aliphatic heterocycles. The maximum absolute atomic E-state index is 12.8. The Hall–Kier alpha value is -1.55. The molecule has 1 unspecified atom stereocenters. The van der Waals surface area contributed by atoms with Crippen molar-refractivity contribution in [2.24, 2.45) is 0 Å². The molecule has 2 aromatic rings. The molecule has 134 valence electrons. The van der Waals surface area contributed by atoms with Crippen LogP contribution in [0.3, 0.4) is 0 Å². The number of aryl methyl sites for hydroxylation is 1. The maximum Gasteiger partial charge on any atom is 0.440 e. The molecule has 1 atom stereocenters. The van der Waals surface area contributed by atoms with Gasteiger partial charge in [0, 0.05) is 16.9 Å². The van der Waals surface area contributed by atoms with E-state index in [0.717, 1.165) is 12.0 Å². The topological polar surface area (TPSA) is 52.6 Å². The number of ketones is 1. The Kier molecular flexibility index (Phi) is 7.30. The van der Waals surface area contributed by atoms with Gasteiger partial charge in [0.25, 0.3) is 0 Å². The number of carbonyl (C=O) groups is 1. The monoisotopic (exact) mass is 378 g/mol. The third-order valence-electron chi connectivity index (χ3n) is 3.42. The Morgan fingerprint density at radius 1 is 1.08 bits per heavy atom. The summed E-state index contributed by atoms with van der Waals surface area (Å²) in [5.74, 6) is 1.12. The van der Waals surface area contributed by atoms with Crippen molar-refractivity contribution in [1.82, 2.24) is 0 Å². The number of hydrogen-bond donors (Lipinski definition) is 0. The lowest BCUT2D eigenvalue weighted by Gasteiger charge is -2.19. The van der Waals surface area contributed by atoms with Gasteiger partial charge < -0.3 is 4.52 Å². The van der Waals surface area contributed by atoms with Crippen LogP contribution in [0.2, 0.25) is 0 Å². The van der Waals surface area contributed by atoms with Crippen molar-refractivity contribution in [3.8, 4) is 5.75 Å². The second-order valence-electron chi connectivity index (χ2n) is 5.46. The van der Waals surface area contributed by atoms with Crippen LogP contribution in [0.5, 0.6) is 5.75 Å². The van der Waals surface area contributed by atoms with Crippen molar-refractivity contribution < 1.29 is 18.4 Å². The van der Waals surface area contributed by atoms with Gasteiger partial charge in [-0.1, -0.05) is 37.3 Å². The summed E-state index contributed by atoms with van der Waals surface area (Å²) in [7, 11) is 0. The van der Waals surface area contributed by atoms with Crippen LogP contribution in [0.25, 0.3) is 0 Å². The quantitative estimate of drug-likeness (QED) is 0.402. The van der Waals surface area contributed by atoms with Crippen LogP contribution in [-0.2, 0) is 9.09 Å². The first kappa shape index (κ1) is 19.8. The number of rotatable bonds is 9. The van der Waals surface area contributed by atoms with Crippen molar-refractivity contribution >= 4 is 24.0 Å². The normalized spacial score (nSPS) is 13.2. The molecule has 0 radical (unpaired) electrons. The van der Waals surface area contributed by atoms with Crippen molar-refractivity contribution in [3.63, 3.8) is 0 Å². The Balaban J connectivity index is 2.21. The fourth-order valence-corrected chi connectivity index (χ4v) is 5.73. The first-order chi connectivity index (χ1) is 12.0. The molecule has 0 saturated carbocycles. The van der Waals surface area contributed by atoms with Gasteiger partial charge in [0.15, 0.2) is 5.78 Å². The van der Waals surface area contributed by atoms with Crippen LogP contribution in [0, 0.1) is 6.92 Å². The first-order valence-corrected chi connectivity index (χ1v) is 11.4. The van der Waals surface area contributed by atoms with E-state index in [1.165, 1.54) is 11.4 Å². The standard InChI is InChI=1S/C19H23O4PS/c1-4-13-25-24(21,22-5-2)23-18-12-11-17(14-15(18)3)19(20)16-9-7-6-8-10-16/h6-12,14H,4-5,13H2,1-3H3. The van der Waals surface area contributed by atoms with Crippen LogP contribution in [0.1, 0.15) is 41.8 Å². The highest BCUT2D eigenvalue weighted by Crippen LogP contribution is 2.60. The molecule has 0 bridgehead atoms. The summed E-state index contributed by atoms with van der Waals surface area (Å²) < 4.78 is 23.9. The molecular weight excluding hydrogens is 355 g/mol. The molecule has 25 heavy (non-hydrogen) atoms. The van der Waals surface area contributed by atoms with Crippen LogP contribution in [-0.4, -0.2) is 18.1 Å². The highest BCUT2D eigenvalue weighted by Gasteiger charge is 2.27. The zero-order valence-corrected chi connectivity index (χ0v) is 16.4. The van der Waals surface area contributed by atoms with Gasteiger partial charge in [0.2, 0.25) is 0 Å². The average molecular weight is 378 g/mol. The van der Waals surface area contributed by atoms with Crippen molar-refractivity contribution in [3.05, 3.63) is 65.2 Å². The highest BCUT2D eigenvalue weighted by molar-refractivity contribution is 8.55. The highest BCUT2D eigenvalue weighted by atomic mass is 32.7. The van der Waals surface area contributed by atoms with Gasteiger partial charge in [0.05, 0.1) is 6.61 Å². The SMILES string of the molecule is CCCSP(=O)(OCC)Oc1ccc(C(=O)c2ccccc2)cc1C. The molecule has 0 aliphatic carbocycles. The van der Waals surface area contributed by atoms with E-state index in [0.29, 0.717) is 29.2 Å². The van der Waals surface area contributed by atoms with Gasteiger partial charge in [-0.3, -0.25) is 9.32 Å². The molecule has 0 heterocycles. The Labute approximate surface area is 153 Å². The van der Waals surface area contributed by atoms with Crippen molar-refractivity contribution in [2.75, 3.05) is 12.4 Å². The summed E-state index contributed by atoms with van der Waals surface area (Å²) in [5, 5.41) is 0. The molecule has 6 heteroatoms. The summed E-state index contributed by atoms with van der Waals surface area (Å²) in [6.07, 6.45) is 0.884. The molecule has 0 N–H and O–H groups in total. The zero-order chi connectivity index (χ0) is 18.3. The summed E-state index contributed by atoms with van der Waals surface area (Å²) in [6.45, 7) is 2.70. The van der Waals surface area contributed by atoms with E-state index >= 15 is 0 Å². The molecule has 0 fully saturated rings. The zero-order valence-electron chi connectivity index (χ0n) is 14.7. The fraction of sp³-hybridized carbons (Fsp3) is 0.316. The second-order valence-corrected chi connectivity index (χ2v) is 9.58. The maximum atomic E-state index is 12.8. The van der Waals surface area contributed by atoms with Crippen LogP contribution < -0.4 is 4.52 Å². The molecule has 2 aromatic carbocycles. The lowest BCUT2D eigenvalue weighted by atomic mass is 10.0. The summed E-state index contributed by atoms with van der Waals surface area (Å²) >= 11 is 1.20. The third kappa shape index (κ3) is 5.46. The minimum Gasteiger partial charge on any atom is -0.417 e. The summed E-state index contributed by atoms with van der Waals surface area (Å²) in [4.78, 5) is 12.5. The first-order valence-electron chi connectivity index (χ1n) is 8.28. The van der Waals surface area contributed by atoms with Gasteiger partial charge >= 0.3 is 6.80 Å². The van der Waals surface area contributed by atoms with Crippen LogP contribution >= 0.6 is 18.2 Å². The lowest BCUT2D eigenvalue weighted by Crippen LogP contribution is -2.03. The molecule has 0 amide bonds. The van der Waals surface area contributed by atoms with E-state index in [9.17, 15) is 9.36 Å². The van der Waals surface area contributed by atoms with E-state index in [2.05, 4.69) is 0 Å². The molecular formula is C19H23O4PS. The van der Waals surface area contributed by atoms with Gasteiger partial charge in [-0.2, -0.15) is 0 Å². The molecule has 0 spiro atoms. The van der Waals surface area contributed by atoms with Gasteiger partial charge in [-0.25, -0.2) is 4.57 Å².